The minimum absolute atomic E-state index is 0.0537. The number of hydrogen-bond acceptors (Lipinski definition) is 6. The molecule has 6 nitrogen and oxygen atoms in total. The average Bonchev–Trinajstić information content (AvgIpc) is 3.16. The Morgan fingerprint density at radius 1 is 0.946 bits per heavy atom. The van der Waals surface area contributed by atoms with Gasteiger partial charge < -0.3 is 14.7 Å². The maximum atomic E-state index is 12.4. The van der Waals surface area contributed by atoms with Crippen LogP contribution in [0.5, 0.6) is 0 Å². The molecule has 10 atom stereocenters. The molecule has 0 unspecified atom stereocenters. The Morgan fingerprint density at radius 3 is 2.22 bits per heavy atom. The largest absolute Gasteiger partial charge is 0.463 e. The van der Waals surface area contributed by atoms with E-state index in [4.69, 9.17) is 9.47 Å². The van der Waals surface area contributed by atoms with E-state index in [1.54, 1.807) is 0 Å². The number of fused-ring (bicyclic) bond motifs is 5. The molecule has 210 valence electrons. The van der Waals surface area contributed by atoms with Gasteiger partial charge in [0.15, 0.2) is 0 Å². The van der Waals surface area contributed by atoms with Crippen molar-refractivity contribution in [3.8, 4) is 0 Å². The Kier molecular flexibility index (Phi) is 8.36. The normalized spacial score (nSPS) is 43.0. The first-order valence-electron chi connectivity index (χ1n) is 15.0. The maximum Gasteiger partial charge on any atom is 0.303 e. The van der Waals surface area contributed by atoms with Gasteiger partial charge in [0.25, 0.3) is 0 Å². The Labute approximate surface area is 224 Å². The fourth-order valence-corrected chi connectivity index (χ4v) is 9.79. The Hall–Kier alpha value is -1.59. The molecule has 37 heavy (non-hydrogen) atoms. The summed E-state index contributed by atoms with van der Waals surface area (Å²) in [4.78, 5) is 24.1. The molecule has 0 heterocycles. The van der Waals surface area contributed by atoms with E-state index < -0.39 is 6.10 Å². The summed E-state index contributed by atoms with van der Waals surface area (Å²) < 4.78 is 11.7. The summed E-state index contributed by atoms with van der Waals surface area (Å²) in [5.41, 5.74) is 0.769. The van der Waals surface area contributed by atoms with E-state index >= 15 is 0 Å². The number of ether oxygens (including phenoxy) is 2. The minimum Gasteiger partial charge on any atom is -0.463 e. The number of esters is 2. The first-order valence-corrected chi connectivity index (χ1v) is 15.0. The highest BCUT2D eigenvalue weighted by atomic mass is 16.5. The van der Waals surface area contributed by atoms with Gasteiger partial charge in [-0.1, -0.05) is 59.0 Å². The number of carbonyl (C=O) groups excluding carboxylic acids is 2. The van der Waals surface area contributed by atoms with Crippen LogP contribution in [0.25, 0.3) is 0 Å². The van der Waals surface area contributed by atoms with Crippen LogP contribution in [0.15, 0.2) is 5.16 Å². The number of nitrogens with zero attached hydrogens (tertiary/aromatic N) is 1. The topological polar surface area (TPSA) is 85.2 Å². The molecule has 0 aromatic rings. The number of hydrogen-bond donors (Lipinski definition) is 1. The zero-order chi connectivity index (χ0) is 27.1. The van der Waals surface area contributed by atoms with Crippen LogP contribution in [0.2, 0.25) is 0 Å². The monoisotopic (exact) mass is 517 g/mol. The van der Waals surface area contributed by atoms with Gasteiger partial charge in [0.2, 0.25) is 0 Å². The maximum absolute atomic E-state index is 12.4. The van der Waals surface area contributed by atoms with Crippen molar-refractivity contribution in [2.45, 2.75) is 125 Å². The molecule has 6 heteroatoms. The zero-order valence-electron chi connectivity index (χ0n) is 24.3. The molecule has 4 saturated carbocycles. The lowest BCUT2D eigenvalue weighted by molar-refractivity contribution is -0.168. The molecule has 0 spiro atoms. The van der Waals surface area contributed by atoms with Gasteiger partial charge in [-0.2, -0.15) is 0 Å². The molecule has 4 aliphatic carbocycles. The highest BCUT2D eigenvalue weighted by Gasteiger charge is 2.66. The van der Waals surface area contributed by atoms with Crippen LogP contribution in [0.4, 0.5) is 0 Å². The molecule has 0 amide bonds. The van der Waals surface area contributed by atoms with Gasteiger partial charge in [-0.3, -0.25) is 9.59 Å². The Bertz CT molecular complexity index is 885. The van der Waals surface area contributed by atoms with Crippen molar-refractivity contribution in [1.29, 1.82) is 0 Å². The number of carbonyl (C=O) groups is 2. The van der Waals surface area contributed by atoms with E-state index in [-0.39, 0.29) is 40.7 Å². The number of oxime groups is 1. The third kappa shape index (κ3) is 5.20. The van der Waals surface area contributed by atoms with Crippen molar-refractivity contribution < 1.29 is 24.3 Å². The standard InChI is InChI=1S/C31H51NO5/c1-18(2)9-8-10-19(3)23-11-12-24-27-25(14-16-30(23,24)6)31(7)15-13-22(36-20(4)33)17-26(31)28(32-35)29(27)37-21(5)34/h18-19,22-27,29,35H,8-17H2,1-7H3/b32-28-/t19-,22+,23-,24+,25+,26-,27+,29-,30-,31-/m1/s1. The second-order valence-electron chi connectivity index (χ2n) is 13.9. The van der Waals surface area contributed by atoms with E-state index in [2.05, 4.69) is 39.8 Å². The third-order valence-electron chi connectivity index (χ3n) is 11.4. The van der Waals surface area contributed by atoms with Crippen molar-refractivity contribution in [2.24, 2.45) is 57.4 Å². The van der Waals surface area contributed by atoms with Crippen molar-refractivity contribution >= 4 is 17.7 Å². The van der Waals surface area contributed by atoms with Gasteiger partial charge in [-0.05, 0) is 85.4 Å². The van der Waals surface area contributed by atoms with Crippen LogP contribution in [0.3, 0.4) is 0 Å². The highest BCUT2D eigenvalue weighted by molar-refractivity contribution is 5.94. The molecule has 0 saturated heterocycles. The van der Waals surface area contributed by atoms with Crippen LogP contribution in [0.1, 0.15) is 113 Å². The fraction of sp³-hybridized carbons (Fsp3) is 0.903. The SMILES string of the molecule is CC(=O)O[C@H]1CC[C@@]2(C)[C@H](C1)/C(=N/O)[C@H](OC(C)=O)[C@@H]1[C@@H]2CC[C@]2(C)[C@@H]([C@H](C)CCCC(C)C)CC[C@@H]12. The second kappa shape index (κ2) is 10.9. The fourth-order valence-electron chi connectivity index (χ4n) is 9.79. The Balaban J connectivity index is 1.65. The van der Waals surface area contributed by atoms with Crippen molar-refractivity contribution in [2.75, 3.05) is 0 Å². The minimum atomic E-state index is -0.499. The molecule has 4 aliphatic rings. The lowest BCUT2D eigenvalue weighted by Gasteiger charge is -2.62. The first-order chi connectivity index (χ1) is 17.4. The predicted molar refractivity (Wildman–Crippen MR) is 144 cm³/mol. The molecule has 4 fully saturated rings. The van der Waals surface area contributed by atoms with Gasteiger partial charge in [-0.15, -0.1) is 0 Å². The number of rotatable bonds is 7. The molecule has 0 radical (unpaired) electrons. The summed E-state index contributed by atoms with van der Waals surface area (Å²) in [7, 11) is 0. The van der Waals surface area contributed by atoms with E-state index in [0.29, 0.717) is 35.8 Å². The molecule has 0 bridgehead atoms. The molecule has 4 rings (SSSR count). The van der Waals surface area contributed by atoms with Crippen LogP contribution in [0, 0.1) is 52.3 Å². The lowest BCUT2D eigenvalue weighted by atomic mass is 9.43. The van der Waals surface area contributed by atoms with E-state index in [9.17, 15) is 14.8 Å². The van der Waals surface area contributed by atoms with Gasteiger partial charge in [-0.25, -0.2) is 0 Å². The highest BCUT2D eigenvalue weighted by Crippen LogP contribution is 2.68. The quantitative estimate of drug-likeness (QED) is 0.223. The predicted octanol–water partition coefficient (Wildman–Crippen LogP) is 7.02. The lowest BCUT2D eigenvalue weighted by Crippen LogP contribution is -2.63. The molecule has 0 aromatic carbocycles. The molecule has 0 aromatic heterocycles. The molecule has 1 N–H and O–H groups in total. The Morgan fingerprint density at radius 2 is 1.59 bits per heavy atom. The van der Waals surface area contributed by atoms with Gasteiger partial charge in [0, 0.05) is 25.7 Å². The summed E-state index contributed by atoms with van der Waals surface area (Å²) in [5, 5.41) is 14.2. The van der Waals surface area contributed by atoms with Crippen LogP contribution in [-0.2, 0) is 19.1 Å². The third-order valence-corrected chi connectivity index (χ3v) is 11.4. The summed E-state index contributed by atoms with van der Waals surface area (Å²) >= 11 is 0. The van der Waals surface area contributed by atoms with Crippen molar-refractivity contribution in [1.82, 2.24) is 0 Å². The zero-order valence-corrected chi connectivity index (χ0v) is 24.3. The molecule has 0 aliphatic heterocycles. The summed E-state index contributed by atoms with van der Waals surface area (Å²) in [5.74, 6) is 2.51. The van der Waals surface area contributed by atoms with E-state index in [1.807, 2.05) is 0 Å². The van der Waals surface area contributed by atoms with Crippen LogP contribution in [-0.4, -0.2) is 35.1 Å². The first kappa shape index (κ1) is 28.4. The van der Waals surface area contributed by atoms with E-state index in [1.165, 1.54) is 46.0 Å². The molecular formula is C31H51NO5. The second-order valence-corrected chi connectivity index (χ2v) is 13.9. The summed E-state index contributed by atoms with van der Waals surface area (Å²) in [6.07, 6.45) is 10.3. The van der Waals surface area contributed by atoms with E-state index in [0.717, 1.165) is 31.6 Å². The average molecular weight is 518 g/mol. The van der Waals surface area contributed by atoms with Gasteiger partial charge in [0.05, 0.1) is 0 Å². The summed E-state index contributed by atoms with van der Waals surface area (Å²) in [6.45, 7) is 14.9. The summed E-state index contributed by atoms with van der Waals surface area (Å²) in [6, 6.07) is 0. The van der Waals surface area contributed by atoms with Crippen LogP contribution < -0.4 is 0 Å². The van der Waals surface area contributed by atoms with Crippen molar-refractivity contribution in [3.63, 3.8) is 0 Å². The van der Waals surface area contributed by atoms with Crippen molar-refractivity contribution in [3.05, 3.63) is 0 Å². The van der Waals surface area contributed by atoms with Crippen LogP contribution >= 0.6 is 0 Å². The van der Waals surface area contributed by atoms with Gasteiger partial charge in [0.1, 0.15) is 17.9 Å². The molecular weight excluding hydrogens is 466 g/mol. The smallest absolute Gasteiger partial charge is 0.303 e. The van der Waals surface area contributed by atoms with Gasteiger partial charge >= 0.3 is 11.9 Å².